The highest BCUT2D eigenvalue weighted by Gasteiger charge is 2.73. The molecule has 0 aromatic rings. The maximum absolute atomic E-state index is 12.6. The number of carbonyl (C=O) groups is 2. The van der Waals surface area contributed by atoms with Crippen molar-refractivity contribution in [3.05, 3.63) is 0 Å². The summed E-state index contributed by atoms with van der Waals surface area (Å²) >= 11 is 0. The quantitative estimate of drug-likeness (QED) is 0.373. The number of Topliss-reactive ketones (excluding diaryl/α,β-unsaturated/α-hetero) is 2. The smallest absolute Gasteiger partial charge is 0.150 e. The molecule has 3 heteroatoms. The third-order valence-electron chi connectivity index (χ3n) is 6.15. The Hall–Kier alpha value is -0.700. The van der Waals surface area contributed by atoms with Crippen LogP contribution >= 0.6 is 0 Å². The topological polar surface area (TPSA) is 43.4 Å². The number of ether oxygens (including phenoxy) is 1. The van der Waals surface area contributed by atoms with Crippen molar-refractivity contribution in [2.45, 2.75) is 91.6 Å². The normalized spacial score (nSPS) is 28.9. The van der Waals surface area contributed by atoms with Gasteiger partial charge in [0.05, 0.1) is 6.10 Å². The van der Waals surface area contributed by atoms with Gasteiger partial charge in [0.1, 0.15) is 17.5 Å². The second-order valence-electron chi connectivity index (χ2n) is 8.32. The van der Waals surface area contributed by atoms with Crippen LogP contribution in [0.15, 0.2) is 0 Å². The van der Waals surface area contributed by atoms with Gasteiger partial charge < -0.3 is 4.74 Å². The molecule has 0 saturated heterocycles. The van der Waals surface area contributed by atoms with E-state index < -0.39 is 5.92 Å². The molecule has 0 spiro atoms. The Balaban J connectivity index is 1.73. The highest BCUT2D eigenvalue weighted by molar-refractivity contribution is 6.16. The lowest BCUT2D eigenvalue weighted by atomic mass is 9.85. The maximum Gasteiger partial charge on any atom is 0.150 e. The summed E-state index contributed by atoms with van der Waals surface area (Å²) in [4.78, 5) is 25.2. The van der Waals surface area contributed by atoms with Crippen molar-refractivity contribution in [3.8, 4) is 0 Å². The van der Waals surface area contributed by atoms with E-state index in [-0.39, 0.29) is 34.9 Å². The molecule has 138 valence electrons. The number of rotatable bonds is 12. The Bertz CT molecular complexity index is 416. The van der Waals surface area contributed by atoms with Gasteiger partial charge in [0.25, 0.3) is 0 Å². The molecule has 2 aliphatic carbocycles. The largest absolute Gasteiger partial charge is 0.377 e. The van der Waals surface area contributed by atoms with Gasteiger partial charge >= 0.3 is 0 Å². The van der Waals surface area contributed by atoms with Gasteiger partial charge in [-0.25, -0.2) is 0 Å². The van der Waals surface area contributed by atoms with Gasteiger partial charge in [-0.1, -0.05) is 72.1 Å². The van der Waals surface area contributed by atoms with E-state index in [0.717, 1.165) is 12.8 Å². The first-order chi connectivity index (χ1) is 11.5. The lowest BCUT2D eigenvalue weighted by molar-refractivity contribution is -0.138. The summed E-state index contributed by atoms with van der Waals surface area (Å²) in [6.45, 7) is 8.86. The minimum absolute atomic E-state index is 0.0310. The van der Waals surface area contributed by atoms with Crippen LogP contribution in [0.25, 0.3) is 0 Å². The van der Waals surface area contributed by atoms with Gasteiger partial charge in [-0.2, -0.15) is 0 Å². The molecule has 2 aliphatic rings. The van der Waals surface area contributed by atoms with Gasteiger partial charge in [0.2, 0.25) is 0 Å². The van der Waals surface area contributed by atoms with Crippen molar-refractivity contribution < 1.29 is 14.3 Å². The molecule has 0 amide bonds. The zero-order valence-electron chi connectivity index (χ0n) is 16.1. The predicted octanol–water partition coefficient (Wildman–Crippen LogP) is 4.96. The van der Waals surface area contributed by atoms with E-state index in [1.807, 2.05) is 20.8 Å². The molecule has 0 radical (unpaired) electrons. The van der Waals surface area contributed by atoms with Crippen molar-refractivity contribution in [1.29, 1.82) is 0 Å². The first-order valence-electron chi connectivity index (χ1n) is 10.2. The van der Waals surface area contributed by atoms with E-state index in [4.69, 9.17) is 4.74 Å². The van der Waals surface area contributed by atoms with Gasteiger partial charge in [-0.3, -0.25) is 9.59 Å². The average molecular weight is 337 g/mol. The van der Waals surface area contributed by atoms with Crippen LogP contribution in [0.1, 0.15) is 85.5 Å². The highest BCUT2D eigenvalue weighted by Crippen LogP contribution is 2.65. The van der Waals surface area contributed by atoms with Crippen molar-refractivity contribution in [2.75, 3.05) is 6.61 Å². The van der Waals surface area contributed by atoms with Gasteiger partial charge in [0.15, 0.2) is 0 Å². The van der Waals surface area contributed by atoms with Crippen LogP contribution in [0.3, 0.4) is 0 Å². The number of hydrogen-bond acceptors (Lipinski definition) is 3. The van der Waals surface area contributed by atoms with Crippen LogP contribution in [0, 0.1) is 23.2 Å². The summed E-state index contributed by atoms with van der Waals surface area (Å²) in [6.07, 6.45) is 10.8. The number of fused-ring (bicyclic) bond motifs is 1. The number of unbranched alkanes of at least 4 members (excludes halogenated alkanes) is 7. The summed E-state index contributed by atoms with van der Waals surface area (Å²) in [6, 6.07) is 0. The van der Waals surface area contributed by atoms with E-state index >= 15 is 0 Å². The zero-order chi connectivity index (χ0) is 17.7. The molecule has 2 fully saturated rings. The Labute approximate surface area is 147 Å². The second kappa shape index (κ2) is 8.60. The fraction of sp³-hybridized carbons (Fsp3) is 0.905. The molecule has 2 rings (SSSR count). The zero-order valence-corrected chi connectivity index (χ0v) is 16.1. The van der Waals surface area contributed by atoms with Crippen LogP contribution in [0.4, 0.5) is 0 Å². The monoisotopic (exact) mass is 336 g/mol. The molecule has 3 atom stereocenters. The molecule has 0 aliphatic heterocycles. The van der Waals surface area contributed by atoms with E-state index in [0.29, 0.717) is 6.61 Å². The summed E-state index contributed by atoms with van der Waals surface area (Å²) in [5.41, 5.74) is -0.0973. The fourth-order valence-corrected chi connectivity index (χ4v) is 4.63. The van der Waals surface area contributed by atoms with Crippen LogP contribution in [0.5, 0.6) is 0 Å². The summed E-state index contributed by atoms with van der Waals surface area (Å²) < 4.78 is 5.82. The molecular formula is C21H36O3. The third-order valence-corrected chi connectivity index (χ3v) is 6.15. The molecule has 0 aromatic carbocycles. The molecule has 24 heavy (non-hydrogen) atoms. The Morgan fingerprint density at radius 1 is 0.875 bits per heavy atom. The molecule has 0 bridgehead atoms. The maximum atomic E-state index is 12.6. The van der Waals surface area contributed by atoms with Crippen LogP contribution < -0.4 is 0 Å². The van der Waals surface area contributed by atoms with E-state index in [9.17, 15) is 9.59 Å². The highest BCUT2D eigenvalue weighted by atomic mass is 16.5. The Morgan fingerprint density at radius 2 is 1.38 bits per heavy atom. The molecular weight excluding hydrogens is 300 g/mol. The predicted molar refractivity (Wildman–Crippen MR) is 96.9 cm³/mol. The molecule has 3 unspecified atom stereocenters. The van der Waals surface area contributed by atoms with Crippen LogP contribution in [-0.4, -0.2) is 24.3 Å². The Morgan fingerprint density at radius 3 is 1.88 bits per heavy atom. The SMILES string of the molecule is CCCCCCCCCCC(OCC)C1C(=O)C2C(C1=O)C2(C)C. The minimum Gasteiger partial charge on any atom is -0.377 e. The van der Waals surface area contributed by atoms with Crippen LogP contribution in [-0.2, 0) is 14.3 Å². The Kier molecular flexibility index (Phi) is 7.03. The molecule has 0 N–H and O–H groups in total. The van der Waals surface area contributed by atoms with Crippen molar-refractivity contribution in [1.82, 2.24) is 0 Å². The molecule has 2 saturated carbocycles. The van der Waals surface area contributed by atoms with E-state index in [1.165, 1.54) is 44.9 Å². The van der Waals surface area contributed by atoms with E-state index in [1.54, 1.807) is 0 Å². The summed E-state index contributed by atoms with van der Waals surface area (Å²) in [7, 11) is 0. The van der Waals surface area contributed by atoms with Gasteiger partial charge in [-0.05, 0) is 18.8 Å². The van der Waals surface area contributed by atoms with Crippen molar-refractivity contribution in [3.63, 3.8) is 0 Å². The molecule has 0 aromatic heterocycles. The lowest BCUT2D eigenvalue weighted by Gasteiger charge is -2.24. The van der Waals surface area contributed by atoms with Gasteiger partial charge in [0, 0.05) is 18.4 Å². The number of ketones is 2. The average Bonchev–Trinajstić information content (AvgIpc) is 2.99. The summed E-state index contributed by atoms with van der Waals surface area (Å²) in [5.74, 6) is -0.216. The number of carbonyl (C=O) groups excluding carboxylic acids is 2. The van der Waals surface area contributed by atoms with E-state index in [2.05, 4.69) is 6.92 Å². The lowest BCUT2D eigenvalue weighted by Crippen LogP contribution is -2.36. The fourth-order valence-electron chi connectivity index (χ4n) is 4.63. The minimum atomic E-state index is -0.475. The molecule has 3 nitrogen and oxygen atoms in total. The van der Waals surface area contributed by atoms with Crippen molar-refractivity contribution in [2.24, 2.45) is 23.2 Å². The first kappa shape index (κ1) is 19.6. The second-order valence-corrected chi connectivity index (χ2v) is 8.32. The van der Waals surface area contributed by atoms with Gasteiger partial charge in [-0.15, -0.1) is 0 Å². The van der Waals surface area contributed by atoms with Crippen molar-refractivity contribution >= 4 is 11.6 Å². The molecule has 0 heterocycles. The van der Waals surface area contributed by atoms with Crippen LogP contribution in [0.2, 0.25) is 0 Å². The number of hydrogen-bond donors (Lipinski definition) is 0. The first-order valence-corrected chi connectivity index (χ1v) is 10.2. The third kappa shape index (κ3) is 4.09. The summed E-state index contributed by atoms with van der Waals surface area (Å²) in [5, 5.41) is 0. The standard InChI is InChI=1S/C21H36O3/c1-5-7-8-9-10-11-12-13-14-15(24-6-2)16-19(22)17-18(20(16)23)21(17,3)4/h15-18H,5-14H2,1-4H3.